The fourth-order valence-corrected chi connectivity index (χ4v) is 37.6. The lowest BCUT2D eigenvalue weighted by Crippen LogP contribution is -2.66. The summed E-state index contributed by atoms with van der Waals surface area (Å²) in [6.07, 6.45) is 0. The summed E-state index contributed by atoms with van der Waals surface area (Å²) in [5.74, 6) is 0.704. The van der Waals surface area contributed by atoms with Gasteiger partial charge in [-0.05, 0) is 74.9 Å². The van der Waals surface area contributed by atoms with Gasteiger partial charge in [0.25, 0.3) is 0 Å². The molecule has 34 heavy (non-hydrogen) atoms. The van der Waals surface area contributed by atoms with Crippen molar-refractivity contribution in [3.8, 4) is 0 Å². The van der Waals surface area contributed by atoms with Crippen molar-refractivity contribution < 1.29 is 5.11 Å². The largest absolute Gasteiger partial charge is 0.512 e. The zero-order valence-corrected chi connectivity index (χ0v) is 27.8. The first kappa shape index (κ1) is 28.9. The van der Waals surface area contributed by atoms with E-state index >= 15 is 0 Å². The lowest BCUT2D eigenvalue weighted by atomic mass is 9.84. The molecule has 0 aromatic heterocycles. The van der Waals surface area contributed by atoms with Crippen molar-refractivity contribution in [2.75, 3.05) is 0 Å². The van der Waals surface area contributed by atoms with Gasteiger partial charge < -0.3 is 5.11 Å². The van der Waals surface area contributed by atoms with E-state index in [1.165, 1.54) is 44.5 Å². The number of benzene rings is 2. The normalized spacial score (nSPS) is 13.3. The van der Waals surface area contributed by atoms with Gasteiger partial charge in [-0.3, -0.25) is 0 Å². The fraction of sp³-hybridized carbons (Fsp3) is 0.533. The summed E-state index contributed by atoms with van der Waals surface area (Å²) in [6.45, 7) is 35.7. The van der Waals surface area contributed by atoms with E-state index in [1.54, 1.807) is 0 Å². The highest BCUT2D eigenvalue weighted by Crippen LogP contribution is 2.60. The molecule has 2 rings (SSSR count). The molecule has 2 aromatic rings. The Labute approximate surface area is 213 Å². The van der Waals surface area contributed by atoms with Crippen LogP contribution in [0.5, 0.6) is 0 Å². The monoisotopic (exact) mass is 510 g/mol. The van der Waals surface area contributed by atoms with E-state index in [0.717, 1.165) is 5.57 Å². The van der Waals surface area contributed by atoms with Crippen LogP contribution in [0.1, 0.15) is 44.5 Å². The minimum absolute atomic E-state index is 0.0874. The summed E-state index contributed by atoms with van der Waals surface area (Å²) in [7, 11) is -5.63. The van der Waals surface area contributed by atoms with Crippen LogP contribution in [-0.2, 0) is 0 Å². The number of aryl methyl sites for hydroxylation is 6. The van der Waals surface area contributed by atoms with E-state index in [9.17, 15) is 5.11 Å². The van der Waals surface area contributed by atoms with E-state index in [4.69, 9.17) is 0 Å². The molecule has 0 radical (unpaired) electrons. The molecule has 0 heterocycles. The molecule has 4 heteroatoms. The first-order chi connectivity index (χ1) is 15.2. The zero-order chi connectivity index (χ0) is 26.6. The summed E-state index contributed by atoms with van der Waals surface area (Å²) in [5, 5.41) is 13.0. The van der Waals surface area contributed by atoms with E-state index in [1.807, 2.05) is 0 Å². The second-order valence-corrected chi connectivity index (χ2v) is 31.0. The molecule has 1 N–H and O–H groups in total. The second-order valence-electron chi connectivity index (χ2n) is 13.8. The quantitative estimate of drug-likeness (QED) is 0.303. The lowest BCUT2D eigenvalue weighted by molar-refractivity contribution is 0.393. The predicted octanol–water partition coefficient (Wildman–Crippen LogP) is 9.69. The van der Waals surface area contributed by atoms with Gasteiger partial charge in [0.15, 0.2) is 0 Å². The van der Waals surface area contributed by atoms with Gasteiger partial charge in [-0.1, -0.05) is 94.3 Å². The molecule has 0 fully saturated rings. The molecule has 0 aliphatic heterocycles. The average Bonchev–Trinajstić information content (AvgIpc) is 2.54. The van der Waals surface area contributed by atoms with Crippen LogP contribution in [0.3, 0.4) is 0 Å². The number of aliphatic hydroxyl groups excluding tert-OH is 1. The average molecular weight is 511 g/mol. The molecule has 0 unspecified atom stereocenters. The molecule has 0 atom stereocenters. The molecule has 0 saturated carbocycles. The van der Waals surface area contributed by atoms with Crippen LogP contribution in [0.25, 0.3) is 5.57 Å². The van der Waals surface area contributed by atoms with E-state index in [2.05, 4.69) is 125 Å². The first-order valence-electron chi connectivity index (χ1n) is 12.8. The number of rotatable bonds is 6. The van der Waals surface area contributed by atoms with Crippen LogP contribution in [0.2, 0.25) is 63.2 Å². The number of hydrogen-bond donors (Lipinski definition) is 1. The SMILES string of the molecule is Cc1cc(C)c(C(=C(O)C([Si](C)(C)C)([Si](C)(C)C)[Si](C)(C)C)c2c(C)cc(C)cc2C)c(C)c1. The standard InChI is InChI=1S/C30H50OSi3/c1-20-16-22(3)26(23(4)17-20)28(27-24(5)18-21(2)19-25(27)6)29(31)30(32(7,8)9,33(10,11)12)34(13,14)15/h16-19,31H,1-15H3. The summed E-state index contributed by atoms with van der Waals surface area (Å²) >= 11 is 0. The maximum atomic E-state index is 13.0. The Morgan fingerprint density at radius 2 is 0.765 bits per heavy atom. The van der Waals surface area contributed by atoms with Gasteiger partial charge in [0.2, 0.25) is 0 Å². The van der Waals surface area contributed by atoms with Crippen molar-refractivity contribution in [1.82, 2.24) is 0 Å². The Bertz CT molecular complexity index is 978. The van der Waals surface area contributed by atoms with Crippen LogP contribution in [0, 0.1) is 41.5 Å². The fourth-order valence-electron chi connectivity index (χ4n) is 8.14. The summed E-state index contributed by atoms with van der Waals surface area (Å²) < 4.78 is -0.0874. The smallest absolute Gasteiger partial charge is 0.0988 e. The highest BCUT2D eigenvalue weighted by molar-refractivity contribution is 7.16. The van der Waals surface area contributed by atoms with Gasteiger partial charge in [-0.2, -0.15) is 0 Å². The van der Waals surface area contributed by atoms with Crippen molar-refractivity contribution in [2.45, 2.75) is 105 Å². The summed E-state index contributed by atoms with van der Waals surface area (Å²) in [6, 6.07) is 9.14. The highest BCUT2D eigenvalue weighted by atomic mass is 28.5. The zero-order valence-electron chi connectivity index (χ0n) is 24.8. The van der Waals surface area contributed by atoms with Gasteiger partial charge in [0.1, 0.15) is 0 Å². The molecule has 0 saturated heterocycles. The van der Waals surface area contributed by atoms with Crippen molar-refractivity contribution in [3.05, 3.63) is 74.5 Å². The van der Waals surface area contributed by atoms with E-state index in [-0.39, 0.29) is 4.28 Å². The lowest BCUT2D eigenvalue weighted by Gasteiger charge is -2.59. The second kappa shape index (κ2) is 9.25. The Kier molecular flexibility index (Phi) is 7.86. The molecule has 0 spiro atoms. The number of hydrogen-bond acceptors (Lipinski definition) is 1. The predicted molar refractivity (Wildman–Crippen MR) is 163 cm³/mol. The Hall–Kier alpha value is -1.37. The Morgan fingerprint density at radius 1 is 0.529 bits per heavy atom. The number of aliphatic hydroxyl groups is 1. The Morgan fingerprint density at radius 3 is 0.971 bits per heavy atom. The maximum Gasteiger partial charge on any atom is 0.0988 e. The van der Waals surface area contributed by atoms with Crippen molar-refractivity contribution in [3.63, 3.8) is 0 Å². The third-order valence-electron chi connectivity index (χ3n) is 7.82. The third-order valence-corrected chi connectivity index (χ3v) is 28.8. The van der Waals surface area contributed by atoms with Gasteiger partial charge >= 0.3 is 0 Å². The first-order valence-corrected chi connectivity index (χ1v) is 23.3. The van der Waals surface area contributed by atoms with Gasteiger partial charge in [0.05, 0.1) is 30.0 Å². The molecular weight excluding hydrogens is 461 g/mol. The minimum atomic E-state index is -1.88. The maximum absolute atomic E-state index is 13.0. The molecule has 188 valence electrons. The van der Waals surface area contributed by atoms with Crippen molar-refractivity contribution in [1.29, 1.82) is 0 Å². The van der Waals surface area contributed by atoms with Crippen molar-refractivity contribution in [2.24, 2.45) is 0 Å². The molecular formula is C30H50OSi3. The van der Waals surface area contributed by atoms with Gasteiger partial charge in [0, 0.05) is 9.86 Å². The summed E-state index contributed by atoms with van der Waals surface area (Å²) in [5.41, 5.74) is 11.2. The minimum Gasteiger partial charge on any atom is -0.512 e. The molecule has 2 aromatic carbocycles. The third kappa shape index (κ3) is 4.70. The molecule has 0 bridgehead atoms. The molecule has 0 amide bonds. The van der Waals surface area contributed by atoms with Crippen LogP contribution in [-0.4, -0.2) is 29.3 Å². The number of allylic oxidation sites excluding steroid dienone is 1. The molecule has 1 nitrogen and oxygen atoms in total. The Balaban J connectivity index is 3.35. The van der Waals surface area contributed by atoms with Crippen LogP contribution >= 0.6 is 0 Å². The van der Waals surface area contributed by atoms with E-state index < -0.39 is 24.2 Å². The van der Waals surface area contributed by atoms with Crippen LogP contribution in [0.4, 0.5) is 0 Å². The highest BCUT2D eigenvalue weighted by Gasteiger charge is 2.63. The summed E-state index contributed by atoms with van der Waals surface area (Å²) in [4.78, 5) is 0. The molecule has 0 aliphatic carbocycles. The van der Waals surface area contributed by atoms with E-state index in [0.29, 0.717) is 5.76 Å². The van der Waals surface area contributed by atoms with Crippen molar-refractivity contribution >= 4 is 29.8 Å². The molecule has 0 aliphatic rings. The topological polar surface area (TPSA) is 20.2 Å². The van der Waals surface area contributed by atoms with Gasteiger partial charge in [-0.15, -0.1) is 0 Å². The van der Waals surface area contributed by atoms with Crippen LogP contribution in [0.15, 0.2) is 30.0 Å². The van der Waals surface area contributed by atoms with Crippen LogP contribution < -0.4 is 0 Å². The van der Waals surface area contributed by atoms with Gasteiger partial charge in [-0.25, -0.2) is 0 Å².